The molecular weight excluding hydrogens is 422 g/mol. The summed E-state index contributed by atoms with van der Waals surface area (Å²) in [6, 6.07) is 13.7. The minimum atomic E-state index is -3.72. The Morgan fingerprint density at radius 2 is 1.64 bits per heavy atom. The van der Waals surface area contributed by atoms with Gasteiger partial charge in [-0.05, 0) is 48.5 Å². The highest BCUT2D eigenvalue weighted by atomic mass is 35.5. The van der Waals surface area contributed by atoms with Crippen LogP contribution in [0.4, 0.5) is 5.69 Å². The van der Waals surface area contributed by atoms with Gasteiger partial charge in [-0.15, -0.1) is 11.3 Å². The quantitative estimate of drug-likeness (QED) is 0.613. The molecule has 0 fully saturated rings. The predicted molar refractivity (Wildman–Crippen MR) is 109 cm³/mol. The Morgan fingerprint density at radius 3 is 2.29 bits per heavy atom. The molecule has 0 atom stereocenters. The summed E-state index contributed by atoms with van der Waals surface area (Å²) in [5, 5.41) is 3.16. The number of rotatable bonds is 6. The van der Waals surface area contributed by atoms with Crippen LogP contribution in [0.15, 0.2) is 63.7 Å². The predicted octanol–water partition coefficient (Wildman–Crippen LogP) is 4.50. The summed E-state index contributed by atoms with van der Waals surface area (Å²) in [7, 11) is -0.703. The molecular formula is C19H16ClNO5S2. The molecule has 0 radical (unpaired) electrons. The number of sulfone groups is 1. The third kappa shape index (κ3) is 4.14. The fourth-order valence-electron chi connectivity index (χ4n) is 2.42. The van der Waals surface area contributed by atoms with Crippen LogP contribution in [0.2, 0.25) is 5.02 Å². The van der Waals surface area contributed by atoms with Crippen molar-refractivity contribution in [1.29, 1.82) is 0 Å². The molecule has 1 heterocycles. The average Bonchev–Trinajstić information content (AvgIpc) is 3.19. The number of carbonyl (C=O) groups excluding carboxylic acids is 1. The first kappa shape index (κ1) is 20.2. The largest absolute Gasteiger partial charge is 0.493 e. The minimum absolute atomic E-state index is 0.0762. The second kappa shape index (κ2) is 8.22. The van der Waals surface area contributed by atoms with E-state index in [1.807, 2.05) is 0 Å². The van der Waals surface area contributed by atoms with Crippen molar-refractivity contribution >= 4 is 44.4 Å². The van der Waals surface area contributed by atoms with E-state index in [1.54, 1.807) is 18.2 Å². The van der Waals surface area contributed by atoms with Crippen molar-refractivity contribution in [3.8, 4) is 11.5 Å². The van der Waals surface area contributed by atoms with Gasteiger partial charge in [-0.25, -0.2) is 8.42 Å². The molecule has 1 amide bonds. The molecule has 2 aromatic carbocycles. The summed E-state index contributed by atoms with van der Waals surface area (Å²) in [4.78, 5) is 12.9. The normalized spacial score (nSPS) is 11.1. The summed E-state index contributed by atoms with van der Waals surface area (Å²) < 4.78 is 35.8. The third-order valence-corrected chi connectivity index (χ3v) is 7.43. The van der Waals surface area contributed by atoms with Crippen molar-refractivity contribution < 1.29 is 22.7 Å². The van der Waals surface area contributed by atoms with Crippen molar-refractivity contribution in [2.24, 2.45) is 0 Å². The van der Waals surface area contributed by atoms with E-state index in [-0.39, 0.29) is 14.0 Å². The Hall–Kier alpha value is -2.55. The lowest BCUT2D eigenvalue weighted by Gasteiger charge is -2.10. The van der Waals surface area contributed by atoms with Gasteiger partial charge in [-0.1, -0.05) is 11.6 Å². The van der Waals surface area contributed by atoms with E-state index in [4.69, 9.17) is 21.1 Å². The zero-order chi connectivity index (χ0) is 20.3. The van der Waals surface area contributed by atoms with Crippen LogP contribution in [0.3, 0.4) is 0 Å². The van der Waals surface area contributed by atoms with Gasteiger partial charge in [0.1, 0.15) is 4.21 Å². The Morgan fingerprint density at radius 1 is 0.964 bits per heavy atom. The molecule has 1 N–H and O–H groups in total. The summed E-state index contributed by atoms with van der Waals surface area (Å²) in [6.45, 7) is 0. The lowest BCUT2D eigenvalue weighted by atomic mass is 10.2. The highest BCUT2D eigenvalue weighted by molar-refractivity contribution is 7.93. The number of anilines is 1. The van der Waals surface area contributed by atoms with E-state index in [1.165, 1.54) is 50.6 Å². The number of ether oxygens (including phenoxy) is 2. The van der Waals surface area contributed by atoms with Gasteiger partial charge in [0.15, 0.2) is 11.5 Å². The molecule has 0 saturated heterocycles. The molecule has 28 heavy (non-hydrogen) atoms. The van der Waals surface area contributed by atoms with Crippen LogP contribution in [0.1, 0.15) is 9.67 Å². The fourth-order valence-corrected chi connectivity index (χ4v) is 5.15. The van der Waals surface area contributed by atoms with Crippen LogP contribution in [0.5, 0.6) is 11.5 Å². The molecule has 1 aromatic heterocycles. The van der Waals surface area contributed by atoms with Crippen LogP contribution >= 0.6 is 22.9 Å². The second-order valence-corrected chi connectivity index (χ2v) is 9.30. The fraction of sp³-hybridized carbons (Fsp3) is 0.105. The van der Waals surface area contributed by atoms with Crippen molar-refractivity contribution in [3.05, 3.63) is 64.5 Å². The van der Waals surface area contributed by atoms with Crippen molar-refractivity contribution in [2.45, 2.75) is 9.10 Å². The smallest absolute Gasteiger partial charge is 0.265 e. The number of nitrogens with one attached hydrogen (secondary N) is 1. The number of thiophene rings is 1. The van der Waals surface area contributed by atoms with Gasteiger partial charge in [0.2, 0.25) is 9.84 Å². The van der Waals surface area contributed by atoms with Crippen LogP contribution in [0, 0.1) is 0 Å². The standard InChI is InChI=1S/C19H16ClNO5S2/c1-25-15-8-5-13(11-16(15)26-2)21-19(22)17-9-10-18(27-17)28(23,24)14-6-3-12(20)4-7-14/h3-11H,1-2H3,(H,21,22). The van der Waals surface area contributed by atoms with Crippen LogP contribution < -0.4 is 14.8 Å². The van der Waals surface area contributed by atoms with Gasteiger partial charge in [-0.3, -0.25) is 4.79 Å². The van der Waals surface area contributed by atoms with Gasteiger partial charge in [0, 0.05) is 16.8 Å². The average molecular weight is 438 g/mol. The summed E-state index contributed by atoms with van der Waals surface area (Å²) >= 11 is 6.70. The molecule has 0 unspecified atom stereocenters. The zero-order valence-electron chi connectivity index (χ0n) is 14.9. The second-order valence-electron chi connectivity index (χ2n) is 5.60. The number of hydrogen-bond acceptors (Lipinski definition) is 6. The van der Waals surface area contributed by atoms with Crippen LogP contribution in [-0.2, 0) is 9.84 Å². The summed E-state index contributed by atoms with van der Waals surface area (Å²) in [5.41, 5.74) is 0.498. The maximum Gasteiger partial charge on any atom is 0.265 e. The molecule has 3 rings (SSSR count). The summed E-state index contributed by atoms with van der Waals surface area (Å²) in [5.74, 6) is 0.584. The van der Waals surface area contributed by atoms with Crippen molar-refractivity contribution in [2.75, 3.05) is 19.5 Å². The van der Waals surface area contributed by atoms with Gasteiger partial charge < -0.3 is 14.8 Å². The Balaban J connectivity index is 1.82. The SMILES string of the molecule is COc1ccc(NC(=O)c2ccc(S(=O)(=O)c3ccc(Cl)cc3)s2)cc1OC. The molecule has 146 valence electrons. The van der Waals surface area contributed by atoms with Crippen LogP contribution in [-0.4, -0.2) is 28.5 Å². The van der Waals surface area contributed by atoms with E-state index >= 15 is 0 Å². The molecule has 0 saturated carbocycles. The molecule has 9 heteroatoms. The van der Waals surface area contributed by atoms with E-state index in [0.717, 1.165) is 11.3 Å². The Bertz CT molecular complexity index is 1110. The molecule has 0 aliphatic heterocycles. The minimum Gasteiger partial charge on any atom is -0.493 e. The molecule has 6 nitrogen and oxygen atoms in total. The van der Waals surface area contributed by atoms with Gasteiger partial charge in [-0.2, -0.15) is 0 Å². The molecule has 0 spiro atoms. The number of carbonyl (C=O) groups is 1. The molecule has 0 aliphatic carbocycles. The maximum atomic E-state index is 12.7. The van der Waals surface area contributed by atoms with Gasteiger partial charge in [0.25, 0.3) is 5.91 Å². The van der Waals surface area contributed by atoms with Gasteiger partial charge in [0.05, 0.1) is 24.0 Å². The van der Waals surface area contributed by atoms with E-state index in [0.29, 0.717) is 22.2 Å². The first-order valence-corrected chi connectivity index (χ1v) is 10.7. The zero-order valence-corrected chi connectivity index (χ0v) is 17.3. The highest BCUT2D eigenvalue weighted by Crippen LogP contribution is 2.31. The van der Waals surface area contributed by atoms with Crippen LogP contribution in [0.25, 0.3) is 0 Å². The number of benzene rings is 2. The van der Waals surface area contributed by atoms with Gasteiger partial charge >= 0.3 is 0 Å². The first-order valence-electron chi connectivity index (χ1n) is 7.99. The third-order valence-electron chi connectivity index (χ3n) is 3.84. The monoisotopic (exact) mass is 437 g/mol. The van der Waals surface area contributed by atoms with E-state index in [2.05, 4.69) is 5.32 Å². The van der Waals surface area contributed by atoms with E-state index in [9.17, 15) is 13.2 Å². The number of methoxy groups -OCH3 is 2. The molecule has 0 aliphatic rings. The topological polar surface area (TPSA) is 81.7 Å². The maximum absolute atomic E-state index is 12.7. The molecule has 0 bridgehead atoms. The lowest BCUT2D eigenvalue weighted by Crippen LogP contribution is -2.10. The van der Waals surface area contributed by atoms with Crippen molar-refractivity contribution in [1.82, 2.24) is 0 Å². The molecule has 3 aromatic rings. The van der Waals surface area contributed by atoms with E-state index < -0.39 is 15.7 Å². The number of amides is 1. The van der Waals surface area contributed by atoms with Crippen molar-refractivity contribution in [3.63, 3.8) is 0 Å². The number of halogens is 1. The highest BCUT2D eigenvalue weighted by Gasteiger charge is 2.22. The Labute approximate surface area is 171 Å². The number of hydrogen-bond donors (Lipinski definition) is 1. The first-order chi connectivity index (χ1) is 13.3. The summed E-state index contributed by atoms with van der Waals surface area (Å²) in [6.07, 6.45) is 0. The lowest BCUT2D eigenvalue weighted by molar-refractivity contribution is 0.103. The Kier molecular flexibility index (Phi) is 5.93.